The summed E-state index contributed by atoms with van der Waals surface area (Å²) in [7, 11) is 0. The lowest BCUT2D eigenvalue weighted by Gasteiger charge is -2.19. The lowest BCUT2D eigenvalue weighted by molar-refractivity contribution is -0.151. The first kappa shape index (κ1) is 15.4. The van der Waals surface area contributed by atoms with E-state index in [-0.39, 0.29) is 5.97 Å². The molecule has 0 aromatic carbocycles. The molecule has 0 atom stereocenters. The zero-order valence-corrected chi connectivity index (χ0v) is 13.2. The van der Waals surface area contributed by atoms with Gasteiger partial charge in [0.25, 0.3) is 0 Å². The zero-order valence-electron chi connectivity index (χ0n) is 12.4. The molecule has 1 aromatic heterocycles. The van der Waals surface area contributed by atoms with Gasteiger partial charge in [-0.05, 0) is 45.7 Å². The van der Waals surface area contributed by atoms with Gasteiger partial charge in [-0.3, -0.25) is 4.79 Å². The molecule has 5 heteroatoms. The highest BCUT2D eigenvalue weighted by molar-refractivity contribution is 7.99. The third kappa shape index (κ3) is 6.01. The van der Waals surface area contributed by atoms with E-state index >= 15 is 0 Å². The first-order valence-electron chi connectivity index (χ1n) is 7.03. The van der Waals surface area contributed by atoms with E-state index in [1.54, 1.807) is 0 Å². The van der Waals surface area contributed by atoms with Gasteiger partial charge in [0, 0.05) is 6.04 Å². The van der Waals surface area contributed by atoms with Gasteiger partial charge in [0.15, 0.2) is 0 Å². The Kier molecular flexibility index (Phi) is 5.16. The highest BCUT2D eigenvalue weighted by Gasteiger charge is 2.20. The van der Waals surface area contributed by atoms with Crippen LogP contribution in [0.2, 0.25) is 0 Å². The van der Waals surface area contributed by atoms with Crippen LogP contribution in [0.4, 0.5) is 0 Å². The molecule has 1 heterocycles. The SMILES string of the molecule is CC(C)(C)OC(=O)CSCc1ccc(CNC2CC2)o1. The van der Waals surface area contributed by atoms with Crippen LogP contribution < -0.4 is 5.32 Å². The second kappa shape index (κ2) is 6.68. The summed E-state index contributed by atoms with van der Waals surface area (Å²) >= 11 is 1.52. The van der Waals surface area contributed by atoms with E-state index in [0.29, 0.717) is 17.5 Å². The van der Waals surface area contributed by atoms with E-state index in [1.165, 1.54) is 24.6 Å². The molecule has 20 heavy (non-hydrogen) atoms. The van der Waals surface area contributed by atoms with E-state index in [9.17, 15) is 4.79 Å². The summed E-state index contributed by atoms with van der Waals surface area (Å²) in [5, 5.41) is 3.41. The van der Waals surface area contributed by atoms with Crippen molar-refractivity contribution >= 4 is 17.7 Å². The molecule has 1 aromatic rings. The molecule has 1 saturated carbocycles. The Bertz CT molecular complexity index is 446. The number of thioether (sulfide) groups is 1. The smallest absolute Gasteiger partial charge is 0.316 e. The Morgan fingerprint density at radius 3 is 2.75 bits per heavy atom. The molecule has 2 rings (SSSR count). The van der Waals surface area contributed by atoms with E-state index in [0.717, 1.165) is 18.1 Å². The molecule has 1 N–H and O–H groups in total. The van der Waals surface area contributed by atoms with Gasteiger partial charge in [0.2, 0.25) is 0 Å². The van der Waals surface area contributed by atoms with Gasteiger partial charge < -0.3 is 14.5 Å². The number of hydrogen-bond acceptors (Lipinski definition) is 5. The number of nitrogens with one attached hydrogen (secondary N) is 1. The van der Waals surface area contributed by atoms with Crippen molar-refractivity contribution in [3.63, 3.8) is 0 Å². The van der Waals surface area contributed by atoms with Crippen LogP contribution in [0.1, 0.15) is 45.1 Å². The van der Waals surface area contributed by atoms with Gasteiger partial charge in [-0.25, -0.2) is 0 Å². The van der Waals surface area contributed by atoms with Crippen molar-refractivity contribution in [1.82, 2.24) is 5.32 Å². The van der Waals surface area contributed by atoms with Crippen molar-refractivity contribution in [1.29, 1.82) is 0 Å². The maximum absolute atomic E-state index is 11.6. The molecule has 1 aliphatic carbocycles. The molecule has 0 saturated heterocycles. The van der Waals surface area contributed by atoms with Gasteiger partial charge in [-0.15, -0.1) is 11.8 Å². The van der Waals surface area contributed by atoms with Gasteiger partial charge >= 0.3 is 5.97 Å². The summed E-state index contributed by atoms with van der Waals surface area (Å²) in [6.07, 6.45) is 2.55. The van der Waals surface area contributed by atoms with Crippen LogP contribution in [0.5, 0.6) is 0 Å². The summed E-state index contributed by atoms with van der Waals surface area (Å²) in [4.78, 5) is 11.6. The van der Waals surface area contributed by atoms with Crippen LogP contribution in [0, 0.1) is 0 Å². The first-order valence-corrected chi connectivity index (χ1v) is 8.18. The topological polar surface area (TPSA) is 51.5 Å². The molecule has 1 aliphatic rings. The normalized spacial score (nSPS) is 15.3. The fourth-order valence-corrected chi connectivity index (χ4v) is 2.42. The van der Waals surface area contributed by atoms with Crippen LogP contribution in [-0.2, 0) is 21.8 Å². The average Bonchev–Trinajstić information content (AvgIpc) is 3.04. The quantitative estimate of drug-likeness (QED) is 0.784. The molecule has 0 spiro atoms. The van der Waals surface area contributed by atoms with Crippen molar-refractivity contribution in [3.8, 4) is 0 Å². The van der Waals surface area contributed by atoms with Crippen LogP contribution >= 0.6 is 11.8 Å². The fourth-order valence-electron chi connectivity index (χ4n) is 1.73. The highest BCUT2D eigenvalue weighted by atomic mass is 32.2. The minimum Gasteiger partial charge on any atom is -0.464 e. The Labute approximate surface area is 124 Å². The number of ether oxygens (including phenoxy) is 1. The summed E-state index contributed by atoms with van der Waals surface area (Å²) in [5.74, 6) is 2.75. The maximum atomic E-state index is 11.6. The summed E-state index contributed by atoms with van der Waals surface area (Å²) in [6, 6.07) is 4.66. The van der Waals surface area contributed by atoms with E-state index in [2.05, 4.69) is 5.32 Å². The largest absolute Gasteiger partial charge is 0.464 e. The maximum Gasteiger partial charge on any atom is 0.316 e. The molecular formula is C15H23NO3S. The van der Waals surface area contributed by atoms with Gasteiger partial charge in [-0.1, -0.05) is 0 Å². The molecule has 4 nitrogen and oxygen atoms in total. The monoisotopic (exact) mass is 297 g/mol. The summed E-state index contributed by atoms with van der Waals surface area (Å²) in [5.41, 5.74) is -0.413. The van der Waals surface area contributed by atoms with E-state index < -0.39 is 5.60 Å². The molecule has 0 bridgehead atoms. The molecule has 0 unspecified atom stereocenters. The van der Waals surface area contributed by atoms with Gasteiger partial charge in [0.1, 0.15) is 17.1 Å². The van der Waals surface area contributed by atoms with Crippen LogP contribution in [0.25, 0.3) is 0 Å². The third-order valence-corrected chi connectivity index (χ3v) is 3.67. The number of esters is 1. The van der Waals surface area contributed by atoms with Crippen molar-refractivity contribution < 1.29 is 13.9 Å². The van der Waals surface area contributed by atoms with E-state index in [4.69, 9.17) is 9.15 Å². The van der Waals surface area contributed by atoms with Crippen molar-refractivity contribution in [3.05, 3.63) is 23.7 Å². The number of rotatable bonds is 7. The first-order chi connectivity index (χ1) is 9.42. The van der Waals surface area contributed by atoms with Crippen LogP contribution in [-0.4, -0.2) is 23.4 Å². The highest BCUT2D eigenvalue weighted by Crippen LogP contribution is 2.21. The number of carbonyl (C=O) groups excluding carboxylic acids is 1. The van der Waals surface area contributed by atoms with Crippen LogP contribution in [0.3, 0.4) is 0 Å². The van der Waals surface area contributed by atoms with Crippen molar-refractivity contribution in [2.45, 2.75) is 57.6 Å². The third-order valence-electron chi connectivity index (χ3n) is 2.74. The van der Waals surface area contributed by atoms with E-state index in [1.807, 2.05) is 32.9 Å². The molecule has 0 aliphatic heterocycles. The summed E-state index contributed by atoms with van der Waals surface area (Å²) < 4.78 is 11.0. The Hall–Kier alpha value is -0.940. The molecule has 0 radical (unpaired) electrons. The lowest BCUT2D eigenvalue weighted by Crippen LogP contribution is -2.24. The van der Waals surface area contributed by atoms with Crippen molar-refractivity contribution in [2.24, 2.45) is 0 Å². The lowest BCUT2D eigenvalue weighted by atomic mass is 10.2. The standard InChI is InChI=1S/C15H23NO3S/c1-15(2,3)19-14(17)10-20-9-13-7-6-12(18-13)8-16-11-4-5-11/h6-7,11,16H,4-5,8-10H2,1-3H3. The molecule has 0 amide bonds. The average molecular weight is 297 g/mol. The predicted molar refractivity (Wildman–Crippen MR) is 80.6 cm³/mol. The minimum atomic E-state index is -0.413. The van der Waals surface area contributed by atoms with Crippen LogP contribution in [0.15, 0.2) is 16.5 Å². The number of hydrogen-bond donors (Lipinski definition) is 1. The van der Waals surface area contributed by atoms with Gasteiger partial charge in [0.05, 0.1) is 18.1 Å². The number of carbonyl (C=O) groups is 1. The number of furan rings is 1. The minimum absolute atomic E-state index is 0.176. The van der Waals surface area contributed by atoms with Gasteiger partial charge in [-0.2, -0.15) is 0 Å². The second-order valence-electron chi connectivity index (χ2n) is 6.10. The molecule has 112 valence electrons. The predicted octanol–water partition coefficient (Wildman–Crippen LogP) is 3.11. The molecular weight excluding hydrogens is 274 g/mol. The Balaban J connectivity index is 1.64. The zero-order chi connectivity index (χ0) is 14.6. The fraction of sp³-hybridized carbons (Fsp3) is 0.667. The Morgan fingerprint density at radius 2 is 2.10 bits per heavy atom. The second-order valence-corrected chi connectivity index (χ2v) is 7.09. The molecule has 1 fully saturated rings. The van der Waals surface area contributed by atoms with Crippen molar-refractivity contribution in [2.75, 3.05) is 5.75 Å². The Morgan fingerprint density at radius 1 is 1.40 bits per heavy atom. The summed E-state index contributed by atoms with van der Waals surface area (Å²) in [6.45, 7) is 6.42.